The molecule has 0 bridgehead atoms. The van der Waals surface area contributed by atoms with Crippen LogP contribution in [0, 0.1) is 0 Å². The number of nitrogens with one attached hydrogen (secondary N) is 2. The molecule has 0 saturated carbocycles. The van der Waals surface area contributed by atoms with Crippen LogP contribution in [-0.4, -0.2) is 32.7 Å². The minimum absolute atomic E-state index is 0.0317. The summed E-state index contributed by atoms with van der Waals surface area (Å²) in [6.07, 6.45) is 1.88. The highest BCUT2D eigenvalue weighted by Gasteiger charge is 2.24. The fourth-order valence-corrected chi connectivity index (χ4v) is 3.56. The number of aromatic nitrogens is 3. The van der Waals surface area contributed by atoms with E-state index in [0.717, 1.165) is 35.6 Å². The van der Waals surface area contributed by atoms with Crippen molar-refractivity contribution < 1.29 is 9.59 Å². The van der Waals surface area contributed by atoms with Crippen LogP contribution < -0.4 is 16.4 Å². The number of anilines is 1. The van der Waals surface area contributed by atoms with E-state index in [1.165, 1.54) is 0 Å². The maximum Gasteiger partial charge on any atom is 0.316 e. The zero-order valence-corrected chi connectivity index (χ0v) is 15.8. The van der Waals surface area contributed by atoms with Gasteiger partial charge in [-0.1, -0.05) is 42.5 Å². The number of fused-ring (bicyclic) bond motifs is 1. The molecule has 1 aliphatic rings. The van der Waals surface area contributed by atoms with Gasteiger partial charge in [-0.3, -0.25) is 4.79 Å². The highest BCUT2D eigenvalue weighted by molar-refractivity contribution is 5.87. The molecule has 0 saturated heterocycles. The first kappa shape index (κ1) is 18.7. The van der Waals surface area contributed by atoms with Crippen LogP contribution in [0.15, 0.2) is 54.6 Å². The van der Waals surface area contributed by atoms with Gasteiger partial charge in [0.15, 0.2) is 5.82 Å². The lowest BCUT2D eigenvalue weighted by Gasteiger charge is -2.25. The van der Waals surface area contributed by atoms with Crippen LogP contribution in [0.1, 0.15) is 17.8 Å². The van der Waals surface area contributed by atoms with Gasteiger partial charge >= 0.3 is 6.03 Å². The van der Waals surface area contributed by atoms with Gasteiger partial charge in [0.25, 0.3) is 0 Å². The maximum absolute atomic E-state index is 12.5. The monoisotopic (exact) mass is 390 g/mol. The van der Waals surface area contributed by atoms with Gasteiger partial charge in [0.05, 0.1) is 6.42 Å². The maximum atomic E-state index is 12.5. The number of hydrogen-bond donors (Lipinski definition) is 3. The van der Waals surface area contributed by atoms with Crippen molar-refractivity contribution in [2.75, 3.05) is 5.32 Å². The Morgan fingerprint density at radius 3 is 2.55 bits per heavy atom. The number of nitrogens with zero attached hydrogens (tertiary/aromatic N) is 3. The van der Waals surface area contributed by atoms with Crippen molar-refractivity contribution in [2.45, 2.75) is 31.8 Å². The van der Waals surface area contributed by atoms with Gasteiger partial charge in [-0.15, -0.1) is 10.2 Å². The van der Waals surface area contributed by atoms with Crippen molar-refractivity contribution in [1.29, 1.82) is 0 Å². The van der Waals surface area contributed by atoms with Crippen LogP contribution >= 0.6 is 0 Å². The minimum atomic E-state index is -0.615. The number of hydrogen-bond acceptors (Lipinski definition) is 4. The van der Waals surface area contributed by atoms with Crippen LogP contribution in [0.2, 0.25) is 0 Å². The summed E-state index contributed by atoms with van der Waals surface area (Å²) in [5, 5.41) is 14.3. The number of carbonyl (C=O) groups excluding carboxylic acids is 2. The molecule has 1 atom stereocenters. The molecule has 4 N–H and O–H groups in total. The number of benzene rings is 2. The van der Waals surface area contributed by atoms with E-state index in [0.29, 0.717) is 12.2 Å². The van der Waals surface area contributed by atoms with E-state index >= 15 is 0 Å². The van der Waals surface area contributed by atoms with Crippen LogP contribution in [0.4, 0.5) is 10.5 Å². The number of carbonyl (C=O) groups is 2. The Labute approximate surface area is 168 Å². The zero-order valence-electron chi connectivity index (χ0n) is 15.8. The summed E-state index contributed by atoms with van der Waals surface area (Å²) < 4.78 is 2.09. The van der Waals surface area contributed by atoms with Gasteiger partial charge in [-0.25, -0.2) is 4.79 Å². The third-order valence-corrected chi connectivity index (χ3v) is 4.93. The Kier molecular flexibility index (Phi) is 5.24. The van der Waals surface area contributed by atoms with Crippen molar-refractivity contribution in [3.63, 3.8) is 0 Å². The summed E-state index contributed by atoms with van der Waals surface area (Å²) in [6, 6.07) is 16.4. The average Bonchev–Trinajstić information content (AvgIpc) is 3.13. The molecule has 29 heavy (non-hydrogen) atoms. The third-order valence-electron chi connectivity index (χ3n) is 4.93. The molecular formula is C21H22N6O2. The number of urea groups is 1. The topological polar surface area (TPSA) is 115 Å². The minimum Gasteiger partial charge on any atom is -0.351 e. The molecule has 2 aromatic carbocycles. The second-order valence-electron chi connectivity index (χ2n) is 7.08. The molecule has 0 fully saturated rings. The molecular weight excluding hydrogens is 368 g/mol. The van der Waals surface area contributed by atoms with Crippen molar-refractivity contribution in [2.24, 2.45) is 5.73 Å². The van der Waals surface area contributed by atoms with E-state index in [9.17, 15) is 9.59 Å². The van der Waals surface area contributed by atoms with E-state index in [1.807, 2.05) is 30.3 Å². The first-order chi connectivity index (χ1) is 14.1. The van der Waals surface area contributed by atoms with Gasteiger partial charge in [0, 0.05) is 30.3 Å². The molecule has 8 nitrogen and oxygen atoms in total. The normalized spacial score (nSPS) is 15.4. The second kappa shape index (κ2) is 8.14. The van der Waals surface area contributed by atoms with Crippen molar-refractivity contribution in [1.82, 2.24) is 20.1 Å². The summed E-state index contributed by atoms with van der Waals surface area (Å²) in [4.78, 5) is 23.4. The van der Waals surface area contributed by atoms with E-state index in [1.54, 1.807) is 24.3 Å². The van der Waals surface area contributed by atoms with Crippen LogP contribution in [-0.2, 0) is 24.2 Å². The van der Waals surface area contributed by atoms with Crippen LogP contribution in [0.3, 0.4) is 0 Å². The second-order valence-corrected chi connectivity index (χ2v) is 7.08. The lowest BCUT2D eigenvalue weighted by atomic mass is 10.1. The Morgan fingerprint density at radius 2 is 1.83 bits per heavy atom. The Hall–Kier alpha value is -3.68. The molecule has 1 aromatic heterocycles. The van der Waals surface area contributed by atoms with Crippen LogP contribution in [0.25, 0.3) is 11.4 Å². The molecule has 0 aliphatic carbocycles. The van der Waals surface area contributed by atoms with E-state index in [-0.39, 0.29) is 18.4 Å². The van der Waals surface area contributed by atoms with Gasteiger partial charge in [-0.2, -0.15) is 0 Å². The number of aryl methyl sites for hydroxylation is 1. The van der Waals surface area contributed by atoms with E-state index in [4.69, 9.17) is 5.73 Å². The molecule has 8 heteroatoms. The lowest BCUT2D eigenvalue weighted by Crippen LogP contribution is -2.41. The molecule has 0 radical (unpaired) electrons. The summed E-state index contributed by atoms with van der Waals surface area (Å²) in [5.74, 6) is 1.74. The summed E-state index contributed by atoms with van der Waals surface area (Å²) in [6.45, 7) is 0.653. The third kappa shape index (κ3) is 4.43. The predicted molar refractivity (Wildman–Crippen MR) is 109 cm³/mol. The van der Waals surface area contributed by atoms with E-state index < -0.39 is 6.03 Å². The quantitative estimate of drug-likeness (QED) is 0.619. The standard InChI is InChI=1S/C21H22N6O2/c22-21(29)24-16-8-6-14(7-9-16)12-19(28)23-17-10-11-18-25-26-20(27(18)13-17)15-4-2-1-3-5-15/h1-9,17H,10-13H2,(H,23,28)(H3,22,24,29). The highest BCUT2D eigenvalue weighted by atomic mass is 16.2. The Morgan fingerprint density at radius 1 is 1.07 bits per heavy atom. The molecule has 148 valence electrons. The number of amides is 3. The number of rotatable bonds is 5. The molecule has 2 heterocycles. The molecule has 3 amide bonds. The fourth-order valence-electron chi connectivity index (χ4n) is 3.56. The van der Waals surface area contributed by atoms with Crippen molar-refractivity contribution in [3.8, 4) is 11.4 Å². The summed E-state index contributed by atoms with van der Waals surface area (Å²) in [5.41, 5.74) is 7.58. The fraction of sp³-hybridized carbons (Fsp3) is 0.238. The SMILES string of the molecule is NC(=O)Nc1ccc(CC(=O)NC2CCc3nnc(-c4ccccc4)n3C2)cc1. The van der Waals surface area contributed by atoms with Crippen LogP contribution in [0.5, 0.6) is 0 Å². The number of primary amides is 1. The van der Waals surface area contributed by atoms with E-state index in [2.05, 4.69) is 25.4 Å². The first-order valence-corrected chi connectivity index (χ1v) is 9.51. The summed E-state index contributed by atoms with van der Waals surface area (Å²) >= 11 is 0. The predicted octanol–water partition coefficient (Wildman–Crippen LogP) is 2.11. The van der Waals surface area contributed by atoms with Crippen molar-refractivity contribution >= 4 is 17.6 Å². The smallest absolute Gasteiger partial charge is 0.316 e. The first-order valence-electron chi connectivity index (χ1n) is 9.51. The molecule has 0 spiro atoms. The number of nitrogens with two attached hydrogens (primary N) is 1. The molecule has 4 rings (SSSR count). The molecule has 1 unspecified atom stereocenters. The van der Waals surface area contributed by atoms with Gasteiger partial charge in [0.1, 0.15) is 5.82 Å². The molecule has 3 aromatic rings. The lowest BCUT2D eigenvalue weighted by molar-refractivity contribution is -0.121. The Bertz CT molecular complexity index is 1010. The Balaban J connectivity index is 1.38. The van der Waals surface area contributed by atoms with Gasteiger partial charge in [-0.05, 0) is 24.1 Å². The highest BCUT2D eigenvalue weighted by Crippen LogP contribution is 2.23. The molecule has 1 aliphatic heterocycles. The van der Waals surface area contributed by atoms with Gasteiger partial charge in [0.2, 0.25) is 5.91 Å². The largest absolute Gasteiger partial charge is 0.351 e. The van der Waals surface area contributed by atoms with Gasteiger partial charge < -0.3 is 20.9 Å². The van der Waals surface area contributed by atoms with Crippen molar-refractivity contribution in [3.05, 3.63) is 66.0 Å². The summed E-state index contributed by atoms with van der Waals surface area (Å²) in [7, 11) is 0. The zero-order chi connectivity index (χ0) is 20.2. The average molecular weight is 390 g/mol.